The van der Waals surface area contributed by atoms with Gasteiger partial charge < -0.3 is 10.4 Å². The highest BCUT2D eigenvalue weighted by atomic mass is 79.9. The van der Waals surface area contributed by atoms with Crippen LogP contribution in [-0.4, -0.2) is 21.5 Å². The predicted octanol–water partition coefficient (Wildman–Crippen LogP) is 3.63. The van der Waals surface area contributed by atoms with E-state index in [0.717, 1.165) is 27.6 Å². The predicted molar refractivity (Wildman–Crippen MR) is 91.6 cm³/mol. The second kappa shape index (κ2) is 6.91. The SMILES string of the molecule is OCCn1ncc2c1CCCC2NCc1cc(Br)c(Br)s1. The number of thiophene rings is 1. The summed E-state index contributed by atoms with van der Waals surface area (Å²) >= 11 is 8.81. The Bertz CT molecular complexity index is 606. The molecule has 2 aromatic heterocycles. The minimum atomic E-state index is 0.142. The largest absolute Gasteiger partial charge is 0.394 e. The van der Waals surface area contributed by atoms with Gasteiger partial charge in [-0.25, -0.2) is 0 Å². The van der Waals surface area contributed by atoms with Gasteiger partial charge >= 0.3 is 0 Å². The molecule has 0 fully saturated rings. The molecule has 7 heteroatoms. The van der Waals surface area contributed by atoms with Gasteiger partial charge in [-0.1, -0.05) is 0 Å². The van der Waals surface area contributed by atoms with E-state index in [4.69, 9.17) is 5.11 Å². The summed E-state index contributed by atoms with van der Waals surface area (Å²) in [5.74, 6) is 0. The Balaban J connectivity index is 1.70. The number of aromatic nitrogens is 2. The van der Waals surface area contributed by atoms with Crippen molar-refractivity contribution in [2.45, 2.75) is 38.4 Å². The highest BCUT2D eigenvalue weighted by Crippen LogP contribution is 2.34. The van der Waals surface area contributed by atoms with Crippen molar-refractivity contribution in [3.8, 4) is 0 Å². The standard InChI is InChI=1S/C14H17Br2N3OS/c15-11-6-9(21-14(11)16)7-17-12-2-1-3-13-10(12)8-18-19(13)4-5-20/h6,8,12,17,20H,1-5,7H2. The number of halogens is 2. The van der Waals surface area contributed by atoms with Crippen LogP contribution in [0, 0.1) is 0 Å². The summed E-state index contributed by atoms with van der Waals surface area (Å²) in [4.78, 5) is 1.31. The molecule has 114 valence electrons. The van der Waals surface area contributed by atoms with E-state index >= 15 is 0 Å². The van der Waals surface area contributed by atoms with Gasteiger partial charge in [0, 0.05) is 33.2 Å². The molecule has 4 nitrogen and oxygen atoms in total. The van der Waals surface area contributed by atoms with Crippen molar-refractivity contribution < 1.29 is 5.11 Å². The second-order valence-corrected chi connectivity index (χ2v) is 8.46. The van der Waals surface area contributed by atoms with Crippen molar-refractivity contribution in [1.82, 2.24) is 15.1 Å². The zero-order valence-electron chi connectivity index (χ0n) is 11.5. The number of hydrogen-bond donors (Lipinski definition) is 2. The van der Waals surface area contributed by atoms with E-state index in [1.165, 1.54) is 22.6 Å². The Hall–Kier alpha value is -0.210. The first-order chi connectivity index (χ1) is 10.2. The van der Waals surface area contributed by atoms with Crippen molar-refractivity contribution in [2.24, 2.45) is 0 Å². The number of nitrogens with one attached hydrogen (secondary N) is 1. The molecule has 0 aliphatic heterocycles. The molecule has 0 saturated heterocycles. The summed E-state index contributed by atoms with van der Waals surface area (Å²) in [5.41, 5.74) is 2.57. The maximum Gasteiger partial charge on any atom is 0.0843 e. The van der Waals surface area contributed by atoms with E-state index < -0.39 is 0 Å². The molecule has 0 aromatic carbocycles. The Morgan fingerprint density at radius 3 is 3.05 bits per heavy atom. The first kappa shape index (κ1) is 15.7. The number of hydrogen-bond acceptors (Lipinski definition) is 4. The lowest BCUT2D eigenvalue weighted by Gasteiger charge is -2.24. The van der Waals surface area contributed by atoms with Crippen LogP contribution in [0.2, 0.25) is 0 Å². The van der Waals surface area contributed by atoms with Crippen LogP contribution in [0.25, 0.3) is 0 Å². The molecular weight excluding hydrogens is 418 g/mol. The minimum Gasteiger partial charge on any atom is -0.394 e. The van der Waals surface area contributed by atoms with Crippen LogP contribution in [0.1, 0.15) is 35.0 Å². The Morgan fingerprint density at radius 2 is 2.33 bits per heavy atom. The molecular formula is C14H17Br2N3OS. The van der Waals surface area contributed by atoms with Gasteiger partial charge in [-0.05, 0) is 57.2 Å². The summed E-state index contributed by atoms with van der Waals surface area (Å²) in [6, 6.07) is 2.52. The molecule has 2 N–H and O–H groups in total. The van der Waals surface area contributed by atoms with Gasteiger partial charge in [-0.3, -0.25) is 4.68 Å². The molecule has 0 radical (unpaired) electrons. The minimum absolute atomic E-state index is 0.142. The number of aliphatic hydroxyl groups excluding tert-OH is 1. The molecule has 0 saturated carbocycles. The van der Waals surface area contributed by atoms with Gasteiger partial charge in [0.15, 0.2) is 0 Å². The smallest absolute Gasteiger partial charge is 0.0843 e. The van der Waals surface area contributed by atoms with Gasteiger partial charge in [0.05, 0.1) is 23.1 Å². The Labute approximate surface area is 144 Å². The molecule has 0 amide bonds. The Morgan fingerprint density at radius 1 is 1.48 bits per heavy atom. The summed E-state index contributed by atoms with van der Waals surface area (Å²) < 4.78 is 4.20. The fourth-order valence-electron chi connectivity index (χ4n) is 2.82. The van der Waals surface area contributed by atoms with Crippen molar-refractivity contribution in [1.29, 1.82) is 0 Å². The van der Waals surface area contributed by atoms with Crippen molar-refractivity contribution in [2.75, 3.05) is 6.61 Å². The molecule has 1 unspecified atom stereocenters. The van der Waals surface area contributed by atoms with Gasteiger partial charge in [-0.2, -0.15) is 5.10 Å². The lowest BCUT2D eigenvalue weighted by Crippen LogP contribution is -2.25. The fourth-order valence-corrected chi connectivity index (χ4v) is 4.95. The lowest BCUT2D eigenvalue weighted by molar-refractivity contribution is 0.266. The first-order valence-electron chi connectivity index (χ1n) is 7.01. The van der Waals surface area contributed by atoms with Crippen LogP contribution in [0.3, 0.4) is 0 Å². The van der Waals surface area contributed by atoms with Gasteiger partial charge in [-0.15, -0.1) is 11.3 Å². The third kappa shape index (κ3) is 3.42. The maximum absolute atomic E-state index is 9.10. The summed E-state index contributed by atoms with van der Waals surface area (Å²) in [7, 11) is 0. The van der Waals surface area contributed by atoms with Crippen LogP contribution in [0.5, 0.6) is 0 Å². The van der Waals surface area contributed by atoms with Crippen molar-refractivity contribution in [3.63, 3.8) is 0 Å². The summed E-state index contributed by atoms with van der Waals surface area (Å²) in [5, 5.41) is 17.2. The molecule has 0 spiro atoms. The zero-order valence-corrected chi connectivity index (χ0v) is 15.5. The number of nitrogens with zero attached hydrogens (tertiary/aromatic N) is 2. The average Bonchev–Trinajstić information content (AvgIpc) is 3.02. The van der Waals surface area contributed by atoms with Crippen LogP contribution in [0.15, 0.2) is 20.5 Å². The molecule has 2 aromatic rings. The Kier molecular flexibility index (Phi) is 5.16. The lowest BCUT2D eigenvalue weighted by atomic mass is 9.93. The highest BCUT2D eigenvalue weighted by molar-refractivity contribution is 9.13. The van der Waals surface area contributed by atoms with E-state index in [0.29, 0.717) is 12.6 Å². The number of aliphatic hydroxyl groups is 1. The number of rotatable bonds is 5. The van der Waals surface area contributed by atoms with Crippen molar-refractivity contribution >= 4 is 43.2 Å². The van der Waals surface area contributed by atoms with E-state index in [2.05, 4.69) is 48.3 Å². The molecule has 0 bridgehead atoms. The number of fused-ring (bicyclic) bond motifs is 1. The van der Waals surface area contributed by atoms with E-state index in [1.807, 2.05) is 10.9 Å². The van der Waals surface area contributed by atoms with Gasteiger partial charge in [0.1, 0.15) is 0 Å². The normalized spacial score (nSPS) is 18.0. The topological polar surface area (TPSA) is 50.1 Å². The molecule has 1 atom stereocenters. The molecule has 21 heavy (non-hydrogen) atoms. The van der Waals surface area contributed by atoms with Crippen LogP contribution in [0.4, 0.5) is 0 Å². The molecule has 1 aliphatic rings. The quantitative estimate of drug-likeness (QED) is 0.755. The van der Waals surface area contributed by atoms with E-state index in [1.54, 1.807) is 11.3 Å². The maximum atomic E-state index is 9.10. The van der Waals surface area contributed by atoms with E-state index in [9.17, 15) is 0 Å². The average molecular weight is 435 g/mol. The van der Waals surface area contributed by atoms with Crippen LogP contribution >= 0.6 is 43.2 Å². The van der Waals surface area contributed by atoms with Crippen LogP contribution < -0.4 is 5.32 Å². The fraction of sp³-hybridized carbons (Fsp3) is 0.500. The third-order valence-corrected chi connectivity index (χ3v) is 7.05. The van der Waals surface area contributed by atoms with Gasteiger partial charge in [0.2, 0.25) is 0 Å². The highest BCUT2D eigenvalue weighted by Gasteiger charge is 2.23. The second-order valence-electron chi connectivity index (χ2n) is 5.15. The molecule has 2 heterocycles. The monoisotopic (exact) mass is 433 g/mol. The van der Waals surface area contributed by atoms with Crippen molar-refractivity contribution in [3.05, 3.63) is 36.7 Å². The van der Waals surface area contributed by atoms with E-state index in [-0.39, 0.29) is 6.61 Å². The third-order valence-electron chi connectivity index (χ3n) is 3.79. The molecule has 3 rings (SSSR count). The first-order valence-corrected chi connectivity index (χ1v) is 9.42. The summed E-state index contributed by atoms with van der Waals surface area (Å²) in [6.45, 7) is 1.60. The van der Waals surface area contributed by atoms with Crippen LogP contribution in [-0.2, 0) is 19.5 Å². The summed E-state index contributed by atoms with van der Waals surface area (Å²) in [6.07, 6.45) is 5.33. The molecule has 1 aliphatic carbocycles. The van der Waals surface area contributed by atoms with Gasteiger partial charge in [0.25, 0.3) is 0 Å². The zero-order chi connectivity index (χ0) is 14.8.